The van der Waals surface area contributed by atoms with E-state index in [-0.39, 0.29) is 11.9 Å². The summed E-state index contributed by atoms with van der Waals surface area (Å²) in [6.45, 7) is 4.87. The summed E-state index contributed by atoms with van der Waals surface area (Å²) in [5.41, 5.74) is -0.0685. The molecule has 0 saturated carbocycles. The van der Waals surface area contributed by atoms with E-state index in [9.17, 15) is 14.4 Å². The zero-order valence-corrected chi connectivity index (χ0v) is 17.1. The number of hydrogen-bond acceptors (Lipinski definition) is 5. The lowest BCUT2D eigenvalue weighted by Crippen LogP contribution is -2.41. The number of hydrogen-bond donors (Lipinski definition) is 3. The summed E-state index contributed by atoms with van der Waals surface area (Å²) in [6, 6.07) is 9.19. The molecule has 1 saturated heterocycles. The van der Waals surface area contributed by atoms with Crippen LogP contribution < -0.4 is 16.4 Å². The number of nitrogens with one attached hydrogen (secondary N) is 3. The number of nitrogens with zero attached hydrogens (tertiary/aromatic N) is 1. The molecule has 2 aromatic heterocycles. The SMILES string of the molecule is CC1CCN([C@H](CNC(=O)c2ccc3[nH]c(=O)c(=O)[nH]c3c2)c2cccs2)CC1. The Hall–Kier alpha value is -2.71. The van der Waals surface area contributed by atoms with E-state index in [2.05, 4.69) is 38.6 Å². The van der Waals surface area contributed by atoms with Crippen molar-refractivity contribution in [2.75, 3.05) is 19.6 Å². The van der Waals surface area contributed by atoms with E-state index in [1.165, 1.54) is 17.7 Å². The molecular weight excluding hydrogens is 388 g/mol. The summed E-state index contributed by atoms with van der Waals surface area (Å²) in [4.78, 5) is 44.5. The smallest absolute Gasteiger partial charge is 0.314 e. The number of rotatable bonds is 5. The van der Waals surface area contributed by atoms with Crippen molar-refractivity contribution < 1.29 is 4.79 Å². The molecule has 29 heavy (non-hydrogen) atoms. The molecule has 3 heterocycles. The predicted molar refractivity (Wildman–Crippen MR) is 115 cm³/mol. The highest BCUT2D eigenvalue weighted by Crippen LogP contribution is 2.29. The molecule has 0 unspecified atom stereocenters. The first-order chi connectivity index (χ1) is 14.0. The summed E-state index contributed by atoms with van der Waals surface area (Å²) >= 11 is 1.71. The molecule has 152 valence electrons. The minimum Gasteiger partial charge on any atom is -0.350 e. The third-order valence-electron chi connectivity index (χ3n) is 5.57. The molecule has 4 rings (SSSR count). The summed E-state index contributed by atoms with van der Waals surface area (Å²) in [7, 11) is 0. The predicted octanol–water partition coefficient (Wildman–Crippen LogP) is 2.48. The van der Waals surface area contributed by atoms with E-state index in [4.69, 9.17) is 0 Å². The van der Waals surface area contributed by atoms with E-state index in [1.54, 1.807) is 29.5 Å². The van der Waals surface area contributed by atoms with Gasteiger partial charge in [0, 0.05) is 17.0 Å². The highest BCUT2D eigenvalue weighted by molar-refractivity contribution is 7.10. The molecule has 1 aromatic carbocycles. The number of fused-ring (bicyclic) bond motifs is 1. The molecule has 1 aliphatic heterocycles. The Morgan fingerprint density at radius 3 is 2.59 bits per heavy atom. The zero-order chi connectivity index (χ0) is 20.4. The van der Waals surface area contributed by atoms with Gasteiger partial charge >= 0.3 is 11.1 Å². The van der Waals surface area contributed by atoms with Crippen LogP contribution in [0.4, 0.5) is 0 Å². The fourth-order valence-corrected chi connectivity index (χ4v) is 4.64. The van der Waals surface area contributed by atoms with Crippen LogP contribution in [0.5, 0.6) is 0 Å². The van der Waals surface area contributed by atoms with E-state index in [1.807, 2.05) is 6.07 Å². The summed E-state index contributed by atoms with van der Waals surface area (Å²) < 4.78 is 0. The monoisotopic (exact) mass is 412 g/mol. The van der Waals surface area contributed by atoms with Crippen molar-refractivity contribution in [2.45, 2.75) is 25.8 Å². The minimum atomic E-state index is -0.729. The molecule has 7 nitrogen and oxygen atoms in total. The van der Waals surface area contributed by atoms with E-state index in [0.29, 0.717) is 23.1 Å². The van der Waals surface area contributed by atoms with Crippen LogP contribution in [0.25, 0.3) is 11.0 Å². The van der Waals surface area contributed by atoms with E-state index < -0.39 is 11.1 Å². The number of amides is 1. The van der Waals surface area contributed by atoms with Crippen molar-refractivity contribution in [3.05, 3.63) is 66.9 Å². The van der Waals surface area contributed by atoms with Gasteiger partial charge < -0.3 is 15.3 Å². The third kappa shape index (κ3) is 4.33. The van der Waals surface area contributed by atoms with Crippen LogP contribution in [0.2, 0.25) is 0 Å². The topological polar surface area (TPSA) is 98.1 Å². The van der Waals surface area contributed by atoms with Crippen LogP contribution in [0.1, 0.15) is 41.0 Å². The first kappa shape index (κ1) is 19.6. The van der Waals surface area contributed by atoms with Crippen LogP contribution in [0.3, 0.4) is 0 Å². The molecular formula is C21H24N4O3S. The van der Waals surface area contributed by atoms with Gasteiger partial charge in [-0.2, -0.15) is 0 Å². The number of carbonyl (C=O) groups is 1. The summed E-state index contributed by atoms with van der Waals surface area (Å²) in [5, 5.41) is 5.12. The van der Waals surface area contributed by atoms with Gasteiger partial charge in [0.1, 0.15) is 0 Å². The Morgan fingerprint density at radius 2 is 1.90 bits per heavy atom. The Balaban J connectivity index is 1.50. The van der Waals surface area contributed by atoms with Gasteiger partial charge in [-0.25, -0.2) is 0 Å². The minimum absolute atomic E-state index is 0.156. The molecule has 0 spiro atoms. The molecule has 0 radical (unpaired) electrons. The average molecular weight is 413 g/mol. The molecule has 1 fully saturated rings. The lowest BCUT2D eigenvalue weighted by molar-refractivity contribution is 0.0915. The van der Waals surface area contributed by atoms with Crippen molar-refractivity contribution >= 4 is 28.3 Å². The van der Waals surface area contributed by atoms with Crippen molar-refractivity contribution in [1.82, 2.24) is 20.2 Å². The first-order valence-corrected chi connectivity index (χ1v) is 10.7. The number of H-pyrrole nitrogens is 2. The van der Waals surface area contributed by atoms with Crippen LogP contribution in [-0.2, 0) is 0 Å². The second-order valence-corrected chi connectivity index (χ2v) is 8.61. The highest BCUT2D eigenvalue weighted by Gasteiger charge is 2.25. The Morgan fingerprint density at radius 1 is 1.17 bits per heavy atom. The zero-order valence-electron chi connectivity index (χ0n) is 16.2. The molecule has 1 atom stereocenters. The van der Waals surface area contributed by atoms with Gasteiger partial charge in [0.2, 0.25) is 0 Å². The van der Waals surface area contributed by atoms with Gasteiger partial charge in [0.25, 0.3) is 5.91 Å². The lowest BCUT2D eigenvalue weighted by Gasteiger charge is -2.36. The molecule has 0 bridgehead atoms. The van der Waals surface area contributed by atoms with Crippen molar-refractivity contribution in [3.8, 4) is 0 Å². The quantitative estimate of drug-likeness (QED) is 0.561. The van der Waals surface area contributed by atoms with Gasteiger partial charge in [-0.05, 0) is 61.5 Å². The largest absolute Gasteiger partial charge is 0.350 e. The number of benzene rings is 1. The second kappa shape index (κ2) is 8.34. The molecule has 3 aromatic rings. The first-order valence-electron chi connectivity index (χ1n) is 9.83. The number of thiophene rings is 1. The Bertz CT molecular complexity index is 1110. The van der Waals surface area contributed by atoms with Gasteiger partial charge in [0.05, 0.1) is 17.1 Å². The highest BCUT2D eigenvalue weighted by atomic mass is 32.1. The van der Waals surface area contributed by atoms with Crippen molar-refractivity contribution in [3.63, 3.8) is 0 Å². The number of likely N-dealkylation sites (tertiary alicyclic amines) is 1. The van der Waals surface area contributed by atoms with Crippen LogP contribution in [0.15, 0.2) is 45.3 Å². The maximum atomic E-state index is 12.8. The third-order valence-corrected chi connectivity index (χ3v) is 6.54. The Labute approximate surface area is 171 Å². The molecule has 8 heteroatoms. The van der Waals surface area contributed by atoms with Crippen LogP contribution in [0, 0.1) is 5.92 Å². The van der Waals surface area contributed by atoms with Gasteiger partial charge in [0.15, 0.2) is 0 Å². The van der Waals surface area contributed by atoms with Crippen molar-refractivity contribution in [2.24, 2.45) is 5.92 Å². The van der Waals surface area contributed by atoms with Gasteiger partial charge in [-0.15, -0.1) is 11.3 Å². The van der Waals surface area contributed by atoms with E-state index >= 15 is 0 Å². The molecule has 3 N–H and O–H groups in total. The molecule has 1 aliphatic rings. The maximum Gasteiger partial charge on any atom is 0.314 e. The fourth-order valence-electron chi connectivity index (χ4n) is 3.78. The van der Waals surface area contributed by atoms with Gasteiger partial charge in [-0.3, -0.25) is 19.3 Å². The van der Waals surface area contributed by atoms with Crippen LogP contribution >= 0.6 is 11.3 Å². The average Bonchev–Trinajstić information content (AvgIpc) is 3.24. The standard InChI is InChI=1S/C21H24N4O3S/c1-13-6-8-25(9-7-13)17(18-3-2-10-29-18)12-22-19(26)14-4-5-15-16(11-14)24-21(28)20(27)23-15/h2-5,10-11,13,17H,6-9,12H2,1H3,(H,22,26)(H,23,27)(H,24,28)/t17-/m1/s1. The lowest BCUT2D eigenvalue weighted by atomic mass is 9.97. The number of aromatic nitrogens is 2. The van der Waals surface area contributed by atoms with E-state index in [0.717, 1.165) is 19.0 Å². The summed E-state index contributed by atoms with van der Waals surface area (Å²) in [6.07, 6.45) is 2.35. The van der Waals surface area contributed by atoms with Crippen molar-refractivity contribution in [1.29, 1.82) is 0 Å². The number of piperidine rings is 1. The summed E-state index contributed by atoms with van der Waals surface area (Å²) in [5.74, 6) is 0.543. The molecule has 0 aliphatic carbocycles. The number of carbonyl (C=O) groups excluding carboxylic acids is 1. The number of aromatic amines is 2. The van der Waals surface area contributed by atoms with Crippen LogP contribution in [-0.4, -0.2) is 40.4 Å². The fraction of sp³-hybridized carbons (Fsp3) is 0.381. The second-order valence-electron chi connectivity index (χ2n) is 7.63. The van der Waals surface area contributed by atoms with Gasteiger partial charge in [-0.1, -0.05) is 13.0 Å². The maximum absolute atomic E-state index is 12.8. The normalized spacial score (nSPS) is 16.7. The molecule has 1 amide bonds. The Kier molecular flexibility index (Phi) is 5.64.